The lowest BCUT2D eigenvalue weighted by Gasteiger charge is -2.32. The predicted octanol–water partition coefficient (Wildman–Crippen LogP) is 2.34. The second-order valence-electron chi connectivity index (χ2n) is 4.60. The summed E-state index contributed by atoms with van der Waals surface area (Å²) >= 11 is 0. The molecular formula is C13H19FN2O. The summed E-state index contributed by atoms with van der Waals surface area (Å²) in [7, 11) is 0. The number of halogens is 1. The van der Waals surface area contributed by atoms with E-state index in [4.69, 9.17) is 5.11 Å². The first kappa shape index (κ1) is 12.3. The molecule has 1 fully saturated rings. The van der Waals surface area contributed by atoms with Crippen molar-refractivity contribution in [2.24, 2.45) is 5.92 Å². The summed E-state index contributed by atoms with van der Waals surface area (Å²) in [5.74, 6) is 0.677. The molecule has 1 aromatic rings. The minimum Gasteiger partial charge on any atom is -0.392 e. The standard InChI is InChI=1S/C13H19FN2O/c1-2-16(8-10-4-3-5-10)13-12(14)11(9-17)6-7-15-13/h6-7,10,17H,2-5,8-9H2,1H3. The SMILES string of the molecule is CCN(CC1CCC1)c1nccc(CO)c1F. The van der Waals surface area contributed by atoms with Crippen LogP contribution in [-0.4, -0.2) is 23.2 Å². The minimum atomic E-state index is -0.379. The molecule has 0 aromatic carbocycles. The van der Waals surface area contributed by atoms with Crippen LogP contribution in [0.5, 0.6) is 0 Å². The fourth-order valence-electron chi connectivity index (χ4n) is 2.17. The Morgan fingerprint density at radius 2 is 2.29 bits per heavy atom. The van der Waals surface area contributed by atoms with E-state index < -0.39 is 0 Å². The van der Waals surface area contributed by atoms with Crippen molar-refractivity contribution < 1.29 is 9.50 Å². The summed E-state index contributed by atoms with van der Waals surface area (Å²) in [5.41, 5.74) is 0.321. The molecule has 0 unspecified atom stereocenters. The van der Waals surface area contributed by atoms with E-state index in [9.17, 15) is 4.39 Å². The highest BCUT2D eigenvalue weighted by atomic mass is 19.1. The highest BCUT2D eigenvalue weighted by Gasteiger charge is 2.22. The molecule has 1 N–H and O–H groups in total. The van der Waals surface area contributed by atoms with Crippen molar-refractivity contribution in [1.29, 1.82) is 0 Å². The molecule has 0 saturated heterocycles. The van der Waals surface area contributed by atoms with Crippen LogP contribution in [0.3, 0.4) is 0 Å². The summed E-state index contributed by atoms with van der Waals surface area (Å²) in [6, 6.07) is 1.52. The van der Waals surface area contributed by atoms with Crippen molar-refractivity contribution in [2.45, 2.75) is 32.8 Å². The number of nitrogens with zero attached hydrogens (tertiary/aromatic N) is 2. The van der Waals surface area contributed by atoms with Crippen LogP contribution < -0.4 is 4.90 Å². The fourth-order valence-corrected chi connectivity index (χ4v) is 2.17. The molecule has 1 aliphatic rings. The normalized spacial score (nSPS) is 15.7. The number of anilines is 1. The Bertz CT molecular complexity index is 380. The minimum absolute atomic E-state index is 0.275. The molecule has 17 heavy (non-hydrogen) atoms. The van der Waals surface area contributed by atoms with Gasteiger partial charge in [-0.2, -0.15) is 0 Å². The van der Waals surface area contributed by atoms with Crippen molar-refractivity contribution in [3.05, 3.63) is 23.6 Å². The summed E-state index contributed by atoms with van der Waals surface area (Å²) in [6.07, 6.45) is 5.32. The monoisotopic (exact) mass is 238 g/mol. The van der Waals surface area contributed by atoms with E-state index in [1.807, 2.05) is 11.8 Å². The smallest absolute Gasteiger partial charge is 0.171 e. The molecule has 0 spiro atoms. The predicted molar refractivity (Wildman–Crippen MR) is 65.3 cm³/mol. The highest BCUT2D eigenvalue weighted by molar-refractivity contribution is 5.43. The molecule has 3 nitrogen and oxygen atoms in total. The van der Waals surface area contributed by atoms with Crippen LogP contribution in [0, 0.1) is 11.7 Å². The summed E-state index contributed by atoms with van der Waals surface area (Å²) < 4.78 is 14.0. The molecule has 0 radical (unpaired) electrons. The van der Waals surface area contributed by atoms with Crippen molar-refractivity contribution >= 4 is 5.82 Å². The third-order valence-corrected chi connectivity index (χ3v) is 3.51. The number of rotatable bonds is 5. The molecule has 0 atom stereocenters. The second-order valence-corrected chi connectivity index (χ2v) is 4.60. The van der Waals surface area contributed by atoms with Gasteiger partial charge in [-0.15, -0.1) is 0 Å². The van der Waals surface area contributed by atoms with Gasteiger partial charge in [0.25, 0.3) is 0 Å². The Balaban J connectivity index is 2.17. The van der Waals surface area contributed by atoms with Gasteiger partial charge >= 0.3 is 0 Å². The summed E-state index contributed by atoms with van der Waals surface area (Å²) in [6.45, 7) is 3.35. The number of aromatic nitrogens is 1. The Morgan fingerprint density at radius 1 is 1.53 bits per heavy atom. The van der Waals surface area contributed by atoms with E-state index in [2.05, 4.69) is 4.98 Å². The molecule has 2 rings (SSSR count). The van der Waals surface area contributed by atoms with Crippen LogP contribution in [0.4, 0.5) is 10.2 Å². The van der Waals surface area contributed by atoms with Gasteiger partial charge in [-0.1, -0.05) is 6.42 Å². The largest absolute Gasteiger partial charge is 0.392 e. The zero-order chi connectivity index (χ0) is 12.3. The average molecular weight is 238 g/mol. The van der Waals surface area contributed by atoms with Crippen molar-refractivity contribution in [2.75, 3.05) is 18.0 Å². The molecule has 1 saturated carbocycles. The molecule has 94 valence electrons. The van der Waals surface area contributed by atoms with E-state index in [1.54, 1.807) is 6.20 Å². The molecule has 0 bridgehead atoms. The van der Waals surface area contributed by atoms with Gasteiger partial charge in [0.05, 0.1) is 6.61 Å². The first-order valence-corrected chi connectivity index (χ1v) is 6.25. The number of hydrogen-bond acceptors (Lipinski definition) is 3. The van der Waals surface area contributed by atoms with E-state index in [1.165, 1.54) is 25.3 Å². The van der Waals surface area contributed by atoms with Gasteiger partial charge in [-0.25, -0.2) is 9.37 Å². The van der Waals surface area contributed by atoms with Crippen LogP contribution in [0.15, 0.2) is 12.3 Å². The number of aliphatic hydroxyl groups is 1. The van der Waals surface area contributed by atoms with E-state index >= 15 is 0 Å². The van der Waals surface area contributed by atoms with Gasteiger partial charge < -0.3 is 10.0 Å². The summed E-state index contributed by atoms with van der Waals surface area (Å²) in [5, 5.41) is 9.05. The van der Waals surface area contributed by atoms with Gasteiger partial charge in [0.1, 0.15) is 0 Å². The molecule has 0 amide bonds. The quantitative estimate of drug-likeness (QED) is 0.855. The Kier molecular flexibility index (Phi) is 3.94. The number of pyridine rings is 1. The first-order valence-electron chi connectivity index (χ1n) is 6.25. The van der Waals surface area contributed by atoms with Gasteiger partial charge in [0, 0.05) is 24.8 Å². The lowest BCUT2D eigenvalue weighted by Crippen LogP contribution is -2.33. The third-order valence-electron chi connectivity index (χ3n) is 3.51. The first-order chi connectivity index (χ1) is 8.26. The maximum Gasteiger partial charge on any atom is 0.171 e. The van der Waals surface area contributed by atoms with Gasteiger partial charge in [0.15, 0.2) is 11.6 Å². The molecule has 1 aromatic heterocycles. The Morgan fingerprint density at radius 3 is 2.82 bits per heavy atom. The Hall–Kier alpha value is -1.16. The highest BCUT2D eigenvalue weighted by Crippen LogP contribution is 2.29. The van der Waals surface area contributed by atoms with E-state index in [-0.39, 0.29) is 12.4 Å². The van der Waals surface area contributed by atoms with Crippen molar-refractivity contribution in [1.82, 2.24) is 4.98 Å². The molecule has 1 heterocycles. The van der Waals surface area contributed by atoms with Crippen LogP contribution >= 0.6 is 0 Å². The van der Waals surface area contributed by atoms with Crippen molar-refractivity contribution in [3.63, 3.8) is 0 Å². The zero-order valence-corrected chi connectivity index (χ0v) is 10.2. The Labute approximate surface area is 101 Å². The van der Waals surface area contributed by atoms with Crippen LogP contribution in [0.1, 0.15) is 31.7 Å². The van der Waals surface area contributed by atoms with Gasteiger partial charge in [-0.3, -0.25) is 0 Å². The average Bonchev–Trinajstić information content (AvgIpc) is 2.29. The van der Waals surface area contributed by atoms with Crippen LogP contribution in [-0.2, 0) is 6.61 Å². The molecule has 4 heteroatoms. The fraction of sp³-hybridized carbons (Fsp3) is 0.615. The molecule has 1 aliphatic carbocycles. The second kappa shape index (κ2) is 5.45. The third kappa shape index (κ3) is 2.57. The van der Waals surface area contributed by atoms with Crippen LogP contribution in [0.2, 0.25) is 0 Å². The number of aliphatic hydroxyl groups excluding tert-OH is 1. The number of hydrogen-bond donors (Lipinski definition) is 1. The molecule has 0 aliphatic heterocycles. The van der Waals surface area contributed by atoms with Gasteiger partial charge in [0.2, 0.25) is 0 Å². The zero-order valence-electron chi connectivity index (χ0n) is 10.2. The topological polar surface area (TPSA) is 36.4 Å². The van der Waals surface area contributed by atoms with Crippen molar-refractivity contribution in [3.8, 4) is 0 Å². The maximum absolute atomic E-state index is 14.0. The van der Waals surface area contributed by atoms with Gasteiger partial charge in [-0.05, 0) is 31.7 Å². The lowest BCUT2D eigenvalue weighted by molar-refractivity contribution is 0.275. The lowest BCUT2D eigenvalue weighted by atomic mass is 9.85. The van der Waals surface area contributed by atoms with Crippen LogP contribution in [0.25, 0.3) is 0 Å². The van der Waals surface area contributed by atoms with E-state index in [0.29, 0.717) is 17.3 Å². The summed E-state index contributed by atoms with van der Waals surface area (Å²) in [4.78, 5) is 6.08. The maximum atomic E-state index is 14.0. The van der Waals surface area contributed by atoms with E-state index in [0.717, 1.165) is 13.1 Å². The molecular weight excluding hydrogens is 219 g/mol.